The lowest BCUT2D eigenvalue weighted by atomic mass is 10.1. The SMILES string of the molecule is COc1ccccc1CCN.COc1ccccc1CCN=C=S. The summed E-state index contributed by atoms with van der Waals surface area (Å²) in [5.74, 6) is 1.83. The van der Waals surface area contributed by atoms with Gasteiger partial charge in [-0.05, 0) is 54.9 Å². The lowest BCUT2D eigenvalue weighted by Crippen LogP contribution is -2.03. The summed E-state index contributed by atoms with van der Waals surface area (Å²) in [5, 5.41) is 2.34. The molecule has 0 heterocycles. The summed E-state index contributed by atoms with van der Waals surface area (Å²) in [5.41, 5.74) is 7.76. The summed E-state index contributed by atoms with van der Waals surface area (Å²) < 4.78 is 10.3. The highest BCUT2D eigenvalue weighted by Gasteiger charge is 1.99. The molecule has 2 aromatic carbocycles. The normalized spacial score (nSPS) is 9.29. The average molecular weight is 344 g/mol. The minimum Gasteiger partial charge on any atom is -0.496 e. The van der Waals surface area contributed by atoms with E-state index >= 15 is 0 Å². The smallest absolute Gasteiger partial charge is 0.122 e. The van der Waals surface area contributed by atoms with Crippen molar-refractivity contribution in [3.63, 3.8) is 0 Å². The number of methoxy groups -OCH3 is 2. The standard InChI is InChI=1S/C10H11NOS.C9H13NO/c1-12-10-5-3-2-4-9(10)6-7-11-8-13;1-11-9-5-3-2-4-8(9)6-7-10/h2-5H,6-7H2,1H3;2-5H,6-7,10H2,1H3. The third kappa shape index (κ3) is 6.92. The van der Waals surface area contributed by atoms with Gasteiger partial charge < -0.3 is 15.2 Å². The average Bonchev–Trinajstić information content (AvgIpc) is 2.63. The molecule has 0 saturated heterocycles. The predicted octanol–water partition coefficient (Wildman–Crippen LogP) is 3.54. The Morgan fingerprint density at radius 1 is 0.917 bits per heavy atom. The van der Waals surface area contributed by atoms with E-state index in [-0.39, 0.29) is 0 Å². The second kappa shape index (κ2) is 12.3. The van der Waals surface area contributed by atoms with Crippen molar-refractivity contribution in [2.45, 2.75) is 12.8 Å². The minimum absolute atomic E-state index is 0.667. The molecule has 0 aliphatic heterocycles. The molecule has 5 heteroatoms. The third-order valence-corrected chi connectivity index (χ3v) is 3.49. The maximum atomic E-state index is 5.43. The Hall–Kier alpha value is -2.20. The molecule has 2 aromatic rings. The van der Waals surface area contributed by atoms with Crippen LogP contribution in [0.2, 0.25) is 0 Å². The minimum atomic E-state index is 0.667. The number of thiocarbonyl (C=S) groups is 1. The molecule has 0 atom stereocenters. The van der Waals surface area contributed by atoms with E-state index < -0.39 is 0 Å². The molecule has 2 N–H and O–H groups in total. The third-order valence-electron chi connectivity index (χ3n) is 3.36. The Labute approximate surface area is 149 Å². The number of isothiocyanates is 1. The van der Waals surface area contributed by atoms with Gasteiger partial charge >= 0.3 is 0 Å². The van der Waals surface area contributed by atoms with E-state index in [4.69, 9.17) is 15.2 Å². The number of benzene rings is 2. The molecule has 128 valence electrons. The van der Waals surface area contributed by atoms with Crippen LogP contribution in [0, 0.1) is 0 Å². The van der Waals surface area contributed by atoms with Gasteiger partial charge in [0.15, 0.2) is 0 Å². The van der Waals surface area contributed by atoms with Crippen LogP contribution in [0.5, 0.6) is 11.5 Å². The van der Waals surface area contributed by atoms with Crippen molar-refractivity contribution in [2.24, 2.45) is 10.7 Å². The first-order valence-corrected chi connectivity index (χ1v) is 8.15. The molecule has 0 aromatic heterocycles. The van der Waals surface area contributed by atoms with Gasteiger partial charge in [-0.15, -0.1) is 0 Å². The Morgan fingerprint density at radius 3 is 1.88 bits per heavy atom. The van der Waals surface area contributed by atoms with Crippen molar-refractivity contribution in [1.29, 1.82) is 0 Å². The topological polar surface area (TPSA) is 56.8 Å². The van der Waals surface area contributed by atoms with E-state index in [9.17, 15) is 0 Å². The number of rotatable bonds is 7. The molecule has 2 rings (SSSR count). The van der Waals surface area contributed by atoms with Crippen molar-refractivity contribution in [2.75, 3.05) is 27.3 Å². The van der Waals surface area contributed by atoms with E-state index in [1.807, 2.05) is 48.5 Å². The van der Waals surface area contributed by atoms with E-state index in [0.29, 0.717) is 13.1 Å². The fourth-order valence-electron chi connectivity index (χ4n) is 2.20. The van der Waals surface area contributed by atoms with Gasteiger partial charge in [-0.3, -0.25) is 0 Å². The zero-order valence-electron chi connectivity index (χ0n) is 14.2. The van der Waals surface area contributed by atoms with Gasteiger partial charge in [-0.25, -0.2) is 4.99 Å². The summed E-state index contributed by atoms with van der Waals surface area (Å²) in [7, 11) is 3.34. The van der Waals surface area contributed by atoms with Crippen LogP contribution in [0.25, 0.3) is 0 Å². The first kappa shape index (κ1) is 19.8. The highest BCUT2D eigenvalue weighted by Crippen LogP contribution is 2.17. The lowest BCUT2D eigenvalue weighted by Gasteiger charge is -2.05. The van der Waals surface area contributed by atoms with Gasteiger partial charge in [0.2, 0.25) is 0 Å². The second-order valence-electron chi connectivity index (χ2n) is 4.89. The van der Waals surface area contributed by atoms with Gasteiger partial charge in [0.1, 0.15) is 11.5 Å². The van der Waals surface area contributed by atoms with E-state index in [1.165, 1.54) is 5.56 Å². The molecule has 0 unspecified atom stereocenters. The van der Waals surface area contributed by atoms with Crippen LogP contribution in [-0.4, -0.2) is 32.5 Å². The zero-order valence-corrected chi connectivity index (χ0v) is 15.0. The number of aliphatic imine (C=N–C) groups is 1. The summed E-state index contributed by atoms with van der Waals surface area (Å²) in [6.45, 7) is 1.34. The van der Waals surface area contributed by atoms with Gasteiger partial charge in [0.05, 0.1) is 25.9 Å². The van der Waals surface area contributed by atoms with Crippen LogP contribution < -0.4 is 15.2 Å². The number of hydrogen-bond donors (Lipinski definition) is 1. The Balaban J connectivity index is 0.000000243. The van der Waals surface area contributed by atoms with Crippen LogP contribution in [0.15, 0.2) is 53.5 Å². The second-order valence-corrected chi connectivity index (χ2v) is 5.07. The molecule has 0 aliphatic carbocycles. The van der Waals surface area contributed by atoms with E-state index in [1.54, 1.807) is 14.2 Å². The van der Waals surface area contributed by atoms with E-state index in [0.717, 1.165) is 29.9 Å². The summed E-state index contributed by atoms with van der Waals surface area (Å²) >= 11 is 4.48. The zero-order chi connectivity index (χ0) is 17.6. The highest BCUT2D eigenvalue weighted by atomic mass is 32.1. The van der Waals surface area contributed by atoms with Crippen LogP contribution in [0.1, 0.15) is 11.1 Å². The Morgan fingerprint density at radius 2 is 1.42 bits per heavy atom. The van der Waals surface area contributed by atoms with Crippen molar-refractivity contribution in [3.05, 3.63) is 59.7 Å². The highest BCUT2D eigenvalue weighted by molar-refractivity contribution is 7.78. The number of nitrogens with zero attached hydrogens (tertiary/aromatic N) is 1. The number of nitrogens with two attached hydrogens (primary N) is 1. The maximum absolute atomic E-state index is 5.43. The first-order chi connectivity index (χ1) is 11.8. The van der Waals surface area contributed by atoms with E-state index in [2.05, 4.69) is 22.4 Å². The van der Waals surface area contributed by atoms with Crippen molar-refractivity contribution in [3.8, 4) is 11.5 Å². The molecular formula is C19H24N2O2S. The fourth-order valence-corrected chi connectivity index (χ4v) is 2.29. The van der Waals surface area contributed by atoms with Crippen LogP contribution in [-0.2, 0) is 12.8 Å². The summed E-state index contributed by atoms with van der Waals surface area (Å²) in [6, 6.07) is 15.8. The first-order valence-electron chi connectivity index (χ1n) is 7.74. The molecule has 0 bridgehead atoms. The molecule has 0 saturated carbocycles. The summed E-state index contributed by atoms with van der Waals surface area (Å²) in [4.78, 5) is 3.85. The lowest BCUT2D eigenvalue weighted by molar-refractivity contribution is 0.409. The maximum Gasteiger partial charge on any atom is 0.122 e. The van der Waals surface area contributed by atoms with Crippen molar-refractivity contribution >= 4 is 17.4 Å². The van der Waals surface area contributed by atoms with Crippen LogP contribution >= 0.6 is 12.2 Å². The van der Waals surface area contributed by atoms with Gasteiger partial charge in [0, 0.05) is 0 Å². The molecule has 24 heavy (non-hydrogen) atoms. The van der Waals surface area contributed by atoms with Crippen molar-refractivity contribution in [1.82, 2.24) is 0 Å². The molecule has 0 amide bonds. The molecule has 0 spiro atoms. The molecule has 0 fully saturated rings. The predicted molar refractivity (Wildman–Crippen MR) is 102 cm³/mol. The molecule has 0 radical (unpaired) electrons. The van der Waals surface area contributed by atoms with Gasteiger partial charge in [-0.1, -0.05) is 36.4 Å². The van der Waals surface area contributed by atoms with Gasteiger partial charge in [0.25, 0.3) is 0 Å². The number of para-hydroxylation sites is 2. The monoisotopic (exact) mass is 344 g/mol. The quantitative estimate of drug-likeness (QED) is 0.616. The molecule has 0 aliphatic rings. The van der Waals surface area contributed by atoms with Gasteiger partial charge in [-0.2, -0.15) is 0 Å². The largest absolute Gasteiger partial charge is 0.496 e. The molecular weight excluding hydrogens is 320 g/mol. The number of hydrogen-bond acceptors (Lipinski definition) is 5. The molecule has 4 nitrogen and oxygen atoms in total. The number of ether oxygens (including phenoxy) is 2. The Bertz CT molecular complexity index is 655. The van der Waals surface area contributed by atoms with Crippen molar-refractivity contribution < 1.29 is 9.47 Å². The summed E-state index contributed by atoms with van der Waals surface area (Å²) in [6.07, 6.45) is 1.72. The fraction of sp³-hybridized carbons (Fsp3) is 0.316. The van der Waals surface area contributed by atoms with Crippen LogP contribution in [0.3, 0.4) is 0 Å². The van der Waals surface area contributed by atoms with Crippen LogP contribution in [0.4, 0.5) is 0 Å². The Kier molecular flexibility index (Phi) is 10.1.